The van der Waals surface area contributed by atoms with Gasteiger partial charge in [-0.25, -0.2) is 0 Å². The number of carbonyl (C=O) groups excluding carboxylic acids is 3. The van der Waals surface area contributed by atoms with Crippen molar-refractivity contribution in [3.05, 3.63) is 71.3 Å². The third kappa shape index (κ3) is 6.51. The number of carbonyl (C=O) groups is 3. The first-order valence-electron chi connectivity index (χ1n) is 9.10. The third-order valence-corrected chi connectivity index (χ3v) is 4.02. The van der Waals surface area contributed by atoms with E-state index >= 15 is 0 Å². The van der Waals surface area contributed by atoms with Crippen LogP contribution < -0.4 is 0 Å². The highest BCUT2D eigenvalue weighted by Crippen LogP contribution is 2.24. The summed E-state index contributed by atoms with van der Waals surface area (Å²) in [6.45, 7) is 5.64. The van der Waals surface area contributed by atoms with Crippen molar-refractivity contribution in [2.24, 2.45) is 0 Å². The zero-order valence-corrected chi connectivity index (χ0v) is 16.8. The van der Waals surface area contributed by atoms with Crippen LogP contribution in [0.1, 0.15) is 56.5 Å². The number of amides is 1. The van der Waals surface area contributed by atoms with Crippen LogP contribution in [0.15, 0.2) is 54.6 Å². The van der Waals surface area contributed by atoms with E-state index in [0.29, 0.717) is 5.56 Å². The van der Waals surface area contributed by atoms with Gasteiger partial charge in [-0.2, -0.15) is 5.06 Å². The molecule has 0 bridgehead atoms. The molecule has 6 nitrogen and oxygen atoms in total. The Kier molecular flexibility index (Phi) is 7.55. The maximum Gasteiger partial charge on any atom is 0.329 e. The van der Waals surface area contributed by atoms with E-state index in [-0.39, 0.29) is 5.91 Å². The molecular weight excluding hydrogens is 370 g/mol. The molecular formula is C23H23NO5. The van der Waals surface area contributed by atoms with Crippen molar-refractivity contribution in [3.63, 3.8) is 0 Å². The largest absolute Gasteiger partial charge is 0.444 e. The number of ether oxygens (including phenoxy) is 1. The molecule has 0 N–H and O–H groups in total. The van der Waals surface area contributed by atoms with E-state index in [2.05, 4.69) is 11.8 Å². The van der Waals surface area contributed by atoms with Gasteiger partial charge in [-0.15, -0.1) is 0 Å². The fourth-order valence-corrected chi connectivity index (χ4v) is 2.66. The number of hydroxylamine groups is 2. The normalized spacial score (nSPS) is 12.0. The van der Waals surface area contributed by atoms with E-state index in [4.69, 9.17) is 9.57 Å². The van der Waals surface area contributed by atoms with Gasteiger partial charge in [0.1, 0.15) is 0 Å². The number of hydrogen-bond donors (Lipinski definition) is 0. The molecule has 0 aliphatic heterocycles. The Balaban J connectivity index is 2.26. The lowest BCUT2D eigenvalue weighted by atomic mass is 10.0. The first kappa shape index (κ1) is 21.7. The van der Waals surface area contributed by atoms with E-state index in [9.17, 15) is 14.4 Å². The van der Waals surface area contributed by atoms with Crippen LogP contribution in [0.2, 0.25) is 0 Å². The molecule has 0 spiro atoms. The van der Waals surface area contributed by atoms with E-state index < -0.39 is 24.1 Å². The number of nitrogens with zero attached hydrogens (tertiary/aromatic N) is 1. The molecule has 2 unspecified atom stereocenters. The minimum absolute atomic E-state index is 0.386. The molecule has 0 aromatic heterocycles. The molecule has 29 heavy (non-hydrogen) atoms. The Labute approximate surface area is 170 Å². The van der Waals surface area contributed by atoms with Gasteiger partial charge in [0, 0.05) is 31.9 Å². The molecule has 0 heterocycles. The van der Waals surface area contributed by atoms with Gasteiger partial charge >= 0.3 is 11.9 Å². The standard InChI is InChI=1S/C23H23NO5/c1-16(24(17(2)25)29-19(4)27)21-11-13-22(14-12-21)23(28-18(3)26)15-10-20-8-6-5-7-9-20/h5-9,11-14,16,23H,1-4H3. The van der Waals surface area contributed by atoms with Crippen molar-refractivity contribution in [1.29, 1.82) is 0 Å². The summed E-state index contributed by atoms with van der Waals surface area (Å²) >= 11 is 0. The first-order chi connectivity index (χ1) is 13.8. The molecule has 2 aromatic carbocycles. The lowest BCUT2D eigenvalue weighted by Crippen LogP contribution is -2.33. The Hall–Kier alpha value is -3.59. The average Bonchev–Trinajstić information content (AvgIpc) is 2.69. The number of benzene rings is 2. The van der Waals surface area contributed by atoms with Crippen LogP contribution in [0.5, 0.6) is 0 Å². The minimum atomic E-state index is -0.727. The van der Waals surface area contributed by atoms with Crippen molar-refractivity contribution in [3.8, 4) is 11.8 Å². The topological polar surface area (TPSA) is 72.9 Å². The highest BCUT2D eigenvalue weighted by atomic mass is 16.7. The van der Waals surface area contributed by atoms with Crippen LogP contribution in [-0.2, 0) is 24.0 Å². The smallest absolute Gasteiger partial charge is 0.329 e. The van der Waals surface area contributed by atoms with Gasteiger partial charge in [0.2, 0.25) is 0 Å². The zero-order chi connectivity index (χ0) is 21.4. The Morgan fingerprint density at radius 3 is 1.97 bits per heavy atom. The van der Waals surface area contributed by atoms with Crippen molar-refractivity contribution in [2.75, 3.05) is 0 Å². The molecule has 2 atom stereocenters. The van der Waals surface area contributed by atoms with Gasteiger partial charge in [-0.05, 0) is 30.5 Å². The number of rotatable bonds is 4. The molecule has 0 fully saturated rings. The molecule has 2 aromatic rings. The van der Waals surface area contributed by atoms with Gasteiger partial charge in [0.05, 0.1) is 6.04 Å². The van der Waals surface area contributed by atoms with Crippen LogP contribution in [0.4, 0.5) is 0 Å². The zero-order valence-electron chi connectivity index (χ0n) is 16.8. The fraction of sp³-hybridized carbons (Fsp3) is 0.261. The van der Waals surface area contributed by atoms with Gasteiger partial charge in [-0.1, -0.05) is 48.4 Å². The van der Waals surface area contributed by atoms with Crippen molar-refractivity contribution in [2.45, 2.75) is 39.8 Å². The molecule has 0 aliphatic rings. The summed E-state index contributed by atoms with van der Waals surface area (Å²) in [4.78, 5) is 39.5. The fourth-order valence-electron chi connectivity index (χ4n) is 2.66. The molecule has 0 saturated carbocycles. The van der Waals surface area contributed by atoms with E-state index in [1.54, 1.807) is 31.2 Å². The van der Waals surface area contributed by atoms with E-state index in [1.165, 1.54) is 20.8 Å². The Morgan fingerprint density at radius 1 is 0.862 bits per heavy atom. The number of hydrogen-bond acceptors (Lipinski definition) is 5. The van der Waals surface area contributed by atoms with Gasteiger partial charge < -0.3 is 9.57 Å². The Bertz CT molecular complexity index is 925. The van der Waals surface area contributed by atoms with Gasteiger partial charge in [0.25, 0.3) is 5.91 Å². The predicted octanol–water partition coefficient (Wildman–Crippen LogP) is 3.73. The highest BCUT2D eigenvalue weighted by Gasteiger charge is 2.22. The molecule has 6 heteroatoms. The molecule has 0 aliphatic carbocycles. The molecule has 150 valence electrons. The predicted molar refractivity (Wildman–Crippen MR) is 107 cm³/mol. The summed E-state index contributed by atoms with van der Waals surface area (Å²) < 4.78 is 5.35. The van der Waals surface area contributed by atoms with E-state index in [0.717, 1.165) is 16.2 Å². The maximum absolute atomic E-state index is 11.8. The van der Waals surface area contributed by atoms with Crippen molar-refractivity contribution in [1.82, 2.24) is 5.06 Å². The second-order valence-corrected chi connectivity index (χ2v) is 6.40. The van der Waals surface area contributed by atoms with Crippen LogP contribution in [0.3, 0.4) is 0 Å². The Morgan fingerprint density at radius 2 is 1.45 bits per heavy atom. The molecule has 1 amide bonds. The monoisotopic (exact) mass is 393 g/mol. The van der Waals surface area contributed by atoms with Gasteiger partial charge in [-0.3, -0.25) is 14.4 Å². The van der Waals surface area contributed by atoms with Crippen LogP contribution >= 0.6 is 0 Å². The average molecular weight is 393 g/mol. The molecule has 2 rings (SSSR count). The summed E-state index contributed by atoms with van der Waals surface area (Å²) in [5.74, 6) is 4.58. The van der Waals surface area contributed by atoms with Crippen LogP contribution in [0.25, 0.3) is 0 Å². The molecule has 0 radical (unpaired) electrons. The quantitative estimate of drug-likeness (QED) is 0.450. The summed E-state index contributed by atoms with van der Waals surface area (Å²) in [6, 6.07) is 16.0. The summed E-state index contributed by atoms with van der Waals surface area (Å²) in [7, 11) is 0. The second-order valence-electron chi connectivity index (χ2n) is 6.40. The van der Waals surface area contributed by atoms with Crippen LogP contribution in [-0.4, -0.2) is 22.9 Å². The number of esters is 1. The maximum atomic E-state index is 11.8. The summed E-state index contributed by atoms with van der Waals surface area (Å²) in [6.07, 6.45) is -0.727. The lowest BCUT2D eigenvalue weighted by Gasteiger charge is -2.26. The van der Waals surface area contributed by atoms with Gasteiger partial charge in [0.15, 0.2) is 6.10 Å². The highest BCUT2D eigenvalue weighted by molar-refractivity contribution is 5.75. The third-order valence-electron chi connectivity index (χ3n) is 4.02. The van der Waals surface area contributed by atoms with Crippen LogP contribution in [0, 0.1) is 11.8 Å². The van der Waals surface area contributed by atoms with E-state index in [1.807, 2.05) is 30.3 Å². The summed E-state index contributed by atoms with van der Waals surface area (Å²) in [5.41, 5.74) is 2.26. The second kappa shape index (κ2) is 10.1. The molecule has 0 saturated heterocycles. The first-order valence-corrected chi connectivity index (χ1v) is 9.10. The summed E-state index contributed by atoms with van der Waals surface area (Å²) in [5, 5.41) is 1.02. The minimum Gasteiger partial charge on any atom is -0.444 e. The van der Waals surface area contributed by atoms with Crippen molar-refractivity contribution < 1.29 is 24.0 Å². The van der Waals surface area contributed by atoms with Crippen molar-refractivity contribution >= 4 is 17.8 Å². The SMILES string of the molecule is CC(=O)OC(C#Cc1ccccc1)c1ccc(C(C)N(OC(C)=O)C(C)=O)cc1. The lowest BCUT2D eigenvalue weighted by molar-refractivity contribution is -0.203.